The van der Waals surface area contributed by atoms with Crippen molar-refractivity contribution in [1.29, 1.82) is 0 Å². The molecule has 0 saturated carbocycles. The monoisotopic (exact) mass is 240 g/mol. The zero-order chi connectivity index (χ0) is 12.1. The molecule has 17 heavy (non-hydrogen) atoms. The average Bonchev–Trinajstić information content (AvgIpc) is 2.55. The number of nitrogens with zero attached hydrogens (tertiary/aromatic N) is 1. The summed E-state index contributed by atoms with van der Waals surface area (Å²) in [7, 11) is 0. The molecule has 1 heterocycles. The molecule has 1 aromatic rings. The van der Waals surface area contributed by atoms with Gasteiger partial charge in [-0.2, -0.15) is 0 Å². The second-order valence-electron chi connectivity index (χ2n) is 4.42. The molecule has 1 atom stereocenters. The van der Waals surface area contributed by atoms with Gasteiger partial charge in [0.05, 0.1) is 6.54 Å². The van der Waals surface area contributed by atoms with Crippen LogP contribution in [0.5, 0.6) is 0 Å². The number of benzene rings is 1. The third-order valence-corrected chi connectivity index (χ3v) is 3.08. The molecule has 2 nitrogen and oxygen atoms in total. The van der Waals surface area contributed by atoms with Crippen molar-refractivity contribution in [2.24, 2.45) is 0 Å². The largest absolute Gasteiger partial charge is 0.309 e. The summed E-state index contributed by atoms with van der Waals surface area (Å²) in [5, 5.41) is 3.41. The standard InChI is InChI=1S/C13H18F2N2/c14-13(15)10-17-8-4-7-16-12(9-17)11-5-2-1-3-6-11/h1-3,5-6,12-13,16H,4,7-10H2. The highest BCUT2D eigenvalue weighted by molar-refractivity contribution is 5.19. The fourth-order valence-corrected chi connectivity index (χ4v) is 2.26. The summed E-state index contributed by atoms with van der Waals surface area (Å²) in [5.74, 6) is 0. The van der Waals surface area contributed by atoms with Crippen molar-refractivity contribution in [3.63, 3.8) is 0 Å². The maximum atomic E-state index is 12.4. The van der Waals surface area contributed by atoms with Gasteiger partial charge in [0.15, 0.2) is 0 Å². The van der Waals surface area contributed by atoms with Crippen LogP contribution in [0.4, 0.5) is 8.78 Å². The van der Waals surface area contributed by atoms with Crippen LogP contribution < -0.4 is 5.32 Å². The lowest BCUT2D eigenvalue weighted by Crippen LogP contribution is -2.34. The summed E-state index contributed by atoms with van der Waals surface area (Å²) in [6, 6.07) is 10.2. The fourth-order valence-electron chi connectivity index (χ4n) is 2.26. The molecule has 1 aromatic carbocycles. The Labute approximate surface area is 101 Å². The van der Waals surface area contributed by atoms with Crippen molar-refractivity contribution < 1.29 is 8.78 Å². The number of halogens is 2. The smallest absolute Gasteiger partial charge is 0.251 e. The summed E-state index contributed by atoms with van der Waals surface area (Å²) >= 11 is 0. The van der Waals surface area contributed by atoms with E-state index in [9.17, 15) is 8.78 Å². The van der Waals surface area contributed by atoms with Gasteiger partial charge in [-0.3, -0.25) is 4.90 Å². The van der Waals surface area contributed by atoms with Crippen LogP contribution in [0.3, 0.4) is 0 Å². The molecule has 0 aliphatic carbocycles. The van der Waals surface area contributed by atoms with E-state index in [0.29, 0.717) is 6.54 Å². The van der Waals surface area contributed by atoms with Crippen LogP contribution >= 0.6 is 0 Å². The minimum Gasteiger partial charge on any atom is -0.309 e. The average molecular weight is 240 g/mol. The van der Waals surface area contributed by atoms with E-state index in [1.165, 1.54) is 5.56 Å². The predicted octanol–water partition coefficient (Wildman–Crippen LogP) is 2.29. The Morgan fingerprint density at radius 1 is 1.29 bits per heavy atom. The lowest BCUT2D eigenvalue weighted by molar-refractivity contribution is 0.0874. The molecular formula is C13H18F2N2. The van der Waals surface area contributed by atoms with Crippen molar-refractivity contribution in [3.8, 4) is 0 Å². The number of alkyl halides is 2. The lowest BCUT2D eigenvalue weighted by Gasteiger charge is -2.24. The maximum Gasteiger partial charge on any atom is 0.251 e. The van der Waals surface area contributed by atoms with E-state index in [4.69, 9.17) is 0 Å². The molecule has 1 aliphatic heterocycles. The van der Waals surface area contributed by atoms with Crippen LogP contribution in [0.1, 0.15) is 18.0 Å². The molecule has 0 spiro atoms. The quantitative estimate of drug-likeness (QED) is 0.872. The number of rotatable bonds is 3. The van der Waals surface area contributed by atoms with Crippen molar-refractivity contribution >= 4 is 0 Å². The van der Waals surface area contributed by atoms with Gasteiger partial charge in [0, 0.05) is 12.6 Å². The second-order valence-corrected chi connectivity index (χ2v) is 4.42. The van der Waals surface area contributed by atoms with E-state index in [-0.39, 0.29) is 12.6 Å². The molecule has 1 fully saturated rings. The van der Waals surface area contributed by atoms with Crippen LogP contribution in [-0.2, 0) is 0 Å². The molecule has 94 valence electrons. The Balaban J connectivity index is 2.02. The molecule has 4 heteroatoms. The summed E-state index contributed by atoms with van der Waals surface area (Å²) in [6.07, 6.45) is -1.32. The molecule has 0 amide bonds. The molecule has 1 saturated heterocycles. The van der Waals surface area contributed by atoms with Gasteiger partial charge in [-0.15, -0.1) is 0 Å². The molecule has 2 rings (SSSR count). The maximum absolute atomic E-state index is 12.4. The fraction of sp³-hybridized carbons (Fsp3) is 0.538. The minimum atomic E-state index is -2.25. The highest BCUT2D eigenvalue weighted by Gasteiger charge is 2.20. The summed E-state index contributed by atoms with van der Waals surface area (Å²) in [6.45, 7) is 2.18. The number of hydrogen-bond acceptors (Lipinski definition) is 2. The van der Waals surface area contributed by atoms with E-state index < -0.39 is 6.43 Å². The third-order valence-electron chi connectivity index (χ3n) is 3.08. The van der Waals surface area contributed by atoms with Crippen molar-refractivity contribution in [2.45, 2.75) is 18.9 Å². The van der Waals surface area contributed by atoms with Crippen molar-refractivity contribution in [3.05, 3.63) is 35.9 Å². The van der Waals surface area contributed by atoms with Gasteiger partial charge in [0.1, 0.15) is 0 Å². The third kappa shape index (κ3) is 3.75. The lowest BCUT2D eigenvalue weighted by atomic mass is 10.1. The van der Waals surface area contributed by atoms with Crippen LogP contribution in [0.25, 0.3) is 0 Å². The van der Waals surface area contributed by atoms with E-state index in [2.05, 4.69) is 5.32 Å². The molecule has 1 aliphatic rings. The SMILES string of the molecule is FC(F)CN1CCCNC(c2ccccc2)C1. The van der Waals surface area contributed by atoms with E-state index in [1.807, 2.05) is 35.2 Å². The topological polar surface area (TPSA) is 15.3 Å². The first-order valence-electron chi connectivity index (χ1n) is 6.04. The predicted molar refractivity (Wildman–Crippen MR) is 64.2 cm³/mol. The highest BCUT2D eigenvalue weighted by atomic mass is 19.3. The number of nitrogens with one attached hydrogen (secondary N) is 1. The van der Waals surface area contributed by atoms with Gasteiger partial charge in [-0.05, 0) is 25.1 Å². The Morgan fingerprint density at radius 3 is 2.76 bits per heavy atom. The van der Waals surface area contributed by atoms with E-state index in [0.717, 1.165) is 19.5 Å². The van der Waals surface area contributed by atoms with Crippen LogP contribution in [-0.4, -0.2) is 37.5 Å². The Bertz CT molecular complexity index is 329. The van der Waals surface area contributed by atoms with Gasteiger partial charge >= 0.3 is 0 Å². The highest BCUT2D eigenvalue weighted by Crippen LogP contribution is 2.17. The van der Waals surface area contributed by atoms with Crippen molar-refractivity contribution in [1.82, 2.24) is 10.2 Å². The minimum absolute atomic E-state index is 0.120. The van der Waals surface area contributed by atoms with Gasteiger partial charge in [-0.25, -0.2) is 8.78 Å². The second kappa shape index (κ2) is 6.07. The Morgan fingerprint density at radius 2 is 2.06 bits per heavy atom. The molecule has 0 bridgehead atoms. The first-order valence-corrected chi connectivity index (χ1v) is 6.04. The first-order chi connectivity index (χ1) is 8.25. The van der Waals surface area contributed by atoms with Gasteiger partial charge in [0.2, 0.25) is 0 Å². The van der Waals surface area contributed by atoms with Crippen LogP contribution in [0.2, 0.25) is 0 Å². The van der Waals surface area contributed by atoms with Gasteiger partial charge in [-0.1, -0.05) is 30.3 Å². The van der Waals surface area contributed by atoms with Crippen LogP contribution in [0, 0.1) is 0 Å². The molecule has 1 N–H and O–H groups in total. The van der Waals surface area contributed by atoms with E-state index >= 15 is 0 Å². The molecule has 1 unspecified atom stereocenters. The zero-order valence-corrected chi connectivity index (χ0v) is 9.78. The summed E-state index contributed by atoms with van der Waals surface area (Å²) in [4.78, 5) is 1.85. The summed E-state index contributed by atoms with van der Waals surface area (Å²) < 4.78 is 24.8. The first kappa shape index (κ1) is 12.5. The van der Waals surface area contributed by atoms with Gasteiger partial charge < -0.3 is 5.32 Å². The molecule has 0 radical (unpaired) electrons. The molecule has 0 aromatic heterocycles. The number of hydrogen-bond donors (Lipinski definition) is 1. The van der Waals surface area contributed by atoms with Crippen molar-refractivity contribution in [2.75, 3.05) is 26.2 Å². The van der Waals surface area contributed by atoms with Crippen LogP contribution in [0.15, 0.2) is 30.3 Å². The van der Waals surface area contributed by atoms with Gasteiger partial charge in [0.25, 0.3) is 6.43 Å². The molecular weight excluding hydrogens is 222 g/mol. The summed E-state index contributed by atoms with van der Waals surface area (Å²) in [5.41, 5.74) is 1.17. The van der Waals surface area contributed by atoms with E-state index in [1.54, 1.807) is 0 Å². The zero-order valence-electron chi connectivity index (χ0n) is 9.78. The Kier molecular flexibility index (Phi) is 4.45. The normalized spacial score (nSPS) is 22.6. The Hall–Kier alpha value is -1.00.